The van der Waals surface area contributed by atoms with Crippen molar-refractivity contribution in [2.75, 3.05) is 25.0 Å². The number of benzene rings is 1. The van der Waals surface area contributed by atoms with Crippen LogP contribution >= 0.6 is 11.6 Å². The third kappa shape index (κ3) is 3.70. The SMILES string of the molecule is O=C1Nc2c(Cl)cc3cc(C(=O)NCC(=O)N4CCCCC4)oc3c2C2(CCCCC2)N1. The van der Waals surface area contributed by atoms with E-state index in [-0.39, 0.29) is 24.2 Å². The fraction of sp³-hybridized carbons (Fsp3) is 0.522. The molecule has 32 heavy (non-hydrogen) atoms. The van der Waals surface area contributed by atoms with Crippen LogP contribution < -0.4 is 16.0 Å². The van der Waals surface area contributed by atoms with E-state index >= 15 is 0 Å². The number of rotatable bonds is 3. The van der Waals surface area contributed by atoms with Crippen molar-refractivity contribution in [3.05, 3.63) is 28.5 Å². The molecular formula is C23H27ClN4O4. The minimum Gasteiger partial charge on any atom is -0.450 e. The van der Waals surface area contributed by atoms with Crippen molar-refractivity contribution < 1.29 is 18.8 Å². The number of anilines is 1. The fourth-order valence-corrected chi connectivity index (χ4v) is 5.55. The first kappa shape index (κ1) is 21.1. The summed E-state index contributed by atoms with van der Waals surface area (Å²) in [6, 6.07) is 3.08. The molecule has 2 aliphatic heterocycles. The second-order valence-electron chi connectivity index (χ2n) is 8.98. The van der Waals surface area contributed by atoms with Crippen molar-refractivity contribution in [1.82, 2.24) is 15.5 Å². The Morgan fingerprint density at radius 1 is 1.09 bits per heavy atom. The van der Waals surface area contributed by atoms with Gasteiger partial charge in [0.05, 0.1) is 22.8 Å². The lowest BCUT2D eigenvalue weighted by molar-refractivity contribution is -0.130. The van der Waals surface area contributed by atoms with Gasteiger partial charge < -0.3 is 25.3 Å². The predicted octanol–water partition coefficient (Wildman–Crippen LogP) is 4.12. The molecule has 1 aromatic carbocycles. The molecule has 0 radical (unpaired) electrons. The monoisotopic (exact) mass is 458 g/mol. The number of carbonyl (C=O) groups is 3. The Morgan fingerprint density at radius 3 is 2.56 bits per heavy atom. The maximum atomic E-state index is 12.8. The number of halogens is 1. The van der Waals surface area contributed by atoms with E-state index in [0.717, 1.165) is 70.0 Å². The van der Waals surface area contributed by atoms with Crippen LogP contribution in [0.5, 0.6) is 0 Å². The molecule has 170 valence electrons. The number of hydrogen-bond donors (Lipinski definition) is 3. The van der Waals surface area contributed by atoms with Gasteiger partial charge in [0, 0.05) is 24.0 Å². The van der Waals surface area contributed by atoms with E-state index in [1.807, 2.05) is 0 Å². The molecule has 2 aromatic rings. The maximum absolute atomic E-state index is 12.8. The number of fused-ring (bicyclic) bond motifs is 4. The molecule has 4 amide bonds. The molecule has 5 rings (SSSR count). The minimum atomic E-state index is -0.561. The van der Waals surface area contributed by atoms with Gasteiger partial charge in [-0.3, -0.25) is 9.59 Å². The van der Waals surface area contributed by atoms with Gasteiger partial charge in [-0.1, -0.05) is 30.9 Å². The molecule has 1 saturated heterocycles. The van der Waals surface area contributed by atoms with Crippen LogP contribution in [0.4, 0.5) is 10.5 Å². The summed E-state index contributed by atoms with van der Waals surface area (Å²) in [7, 11) is 0. The van der Waals surface area contributed by atoms with Gasteiger partial charge >= 0.3 is 6.03 Å². The van der Waals surface area contributed by atoms with Crippen molar-refractivity contribution >= 4 is 46.1 Å². The number of hydrogen-bond acceptors (Lipinski definition) is 4. The molecule has 0 bridgehead atoms. The van der Waals surface area contributed by atoms with E-state index in [0.29, 0.717) is 21.7 Å². The average molecular weight is 459 g/mol. The van der Waals surface area contributed by atoms with Crippen LogP contribution in [-0.2, 0) is 10.3 Å². The summed E-state index contributed by atoms with van der Waals surface area (Å²) in [5.74, 6) is -0.400. The summed E-state index contributed by atoms with van der Waals surface area (Å²) in [6.07, 6.45) is 7.80. The Labute approximate surface area is 191 Å². The molecule has 2 fully saturated rings. The molecule has 1 aromatic heterocycles. The van der Waals surface area contributed by atoms with E-state index < -0.39 is 11.4 Å². The number of carbonyl (C=O) groups excluding carboxylic acids is 3. The average Bonchev–Trinajstić information content (AvgIpc) is 3.22. The van der Waals surface area contributed by atoms with Crippen LogP contribution in [0.3, 0.4) is 0 Å². The molecule has 3 N–H and O–H groups in total. The molecular weight excluding hydrogens is 432 g/mol. The maximum Gasteiger partial charge on any atom is 0.319 e. The number of nitrogens with zero attached hydrogens (tertiary/aromatic N) is 1. The summed E-state index contributed by atoms with van der Waals surface area (Å²) in [5, 5.41) is 9.72. The Bertz CT molecular complexity index is 1080. The van der Waals surface area contributed by atoms with E-state index in [9.17, 15) is 14.4 Å². The van der Waals surface area contributed by atoms with Gasteiger partial charge in [0.1, 0.15) is 5.58 Å². The van der Waals surface area contributed by atoms with Gasteiger partial charge in [0.25, 0.3) is 5.91 Å². The zero-order valence-electron chi connectivity index (χ0n) is 17.9. The predicted molar refractivity (Wildman–Crippen MR) is 121 cm³/mol. The second kappa shape index (κ2) is 8.31. The van der Waals surface area contributed by atoms with Gasteiger partial charge in [-0.2, -0.15) is 0 Å². The van der Waals surface area contributed by atoms with Crippen molar-refractivity contribution in [3.63, 3.8) is 0 Å². The van der Waals surface area contributed by atoms with E-state index in [1.54, 1.807) is 17.0 Å². The van der Waals surface area contributed by atoms with Gasteiger partial charge in [-0.25, -0.2) is 4.79 Å². The molecule has 1 saturated carbocycles. The standard InChI is InChI=1S/C23H27ClN4O4/c24-15-11-14-12-16(21(30)25-13-17(29)28-9-5-2-6-10-28)32-20(14)18-19(15)26-22(31)27-23(18)7-3-1-4-8-23/h11-12H,1-10,13H2,(H,25,30)(H2,26,27,31). The molecule has 1 spiro atoms. The first-order valence-electron chi connectivity index (χ1n) is 11.4. The Hall–Kier alpha value is -2.74. The second-order valence-corrected chi connectivity index (χ2v) is 9.39. The minimum absolute atomic E-state index is 0.0592. The lowest BCUT2D eigenvalue weighted by atomic mass is 9.74. The highest BCUT2D eigenvalue weighted by atomic mass is 35.5. The first-order valence-corrected chi connectivity index (χ1v) is 11.8. The molecule has 8 nitrogen and oxygen atoms in total. The van der Waals surface area contributed by atoms with Crippen LogP contribution in [-0.4, -0.2) is 42.4 Å². The number of piperidine rings is 1. The van der Waals surface area contributed by atoms with Gasteiger partial charge in [-0.05, 0) is 44.2 Å². The van der Waals surface area contributed by atoms with E-state index in [2.05, 4.69) is 16.0 Å². The zero-order valence-corrected chi connectivity index (χ0v) is 18.6. The van der Waals surface area contributed by atoms with Crippen molar-refractivity contribution in [2.45, 2.75) is 56.9 Å². The first-order chi connectivity index (χ1) is 15.5. The van der Waals surface area contributed by atoms with Gasteiger partial charge in [0.2, 0.25) is 5.91 Å². The largest absolute Gasteiger partial charge is 0.450 e. The number of likely N-dealkylation sites (tertiary alicyclic amines) is 1. The lowest BCUT2D eigenvalue weighted by Gasteiger charge is -2.42. The molecule has 1 aliphatic carbocycles. The van der Waals surface area contributed by atoms with E-state index in [4.69, 9.17) is 16.0 Å². The molecule has 3 aliphatic rings. The topological polar surface area (TPSA) is 104 Å². The van der Waals surface area contributed by atoms with Gasteiger partial charge in [0.15, 0.2) is 5.76 Å². The van der Waals surface area contributed by atoms with Crippen LogP contribution in [0.1, 0.15) is 67.5 Å². The highest BCUT2D eigenvalue weighted by Crippen LogP contribution is 2.48. The van der Waals surface area contributed by atoms with Crippen molar-refractivity contribution in [3.8, 4) is 0 Å². The quantitative estimate of drug-likeness (QED) is 0.643. The number of nitrogens with one attached hydrogen (secondary N) is 3. The highest BCUT2D eigenvalue weighted by molar-refractivity contribution is 6.35. The summed E-state index contributed by atoms with van der Waals surface area (Å²) in [4.78, 5) is 39.3. The Morgan fingerprint density at radius 2 is 1.81 bits per heavy atom. The smallest absolute Gasteiger partial charge is 0.319 e. The summed E-state index contributed by atoms with van der Waals surface area (Å²) < 4.78 is 6.04. The number of furan rings is 1. The molecule has 0 unspecified atom stereocenters. The lowest BCUT2D eigenvalue weighted by Crippen LogP contribution is -2.52. The third-order valence-corrected chi connectivity index (χ3v) is 7.17. The Balaban J connectivity index is 1.44. The Kier molecular flexibility index (Phi) is 5.49. The third-order valence-electron chi connectivity index (χ3n) is 6.87. The van der Waals surface area contributed by atoms with Gasteiger partial charge in [-0.15, -0.1) is 0 Å². The fourth-order valence-electron chi connectivity index (χ4n) is 5.29. The van der Waals surface area contributed by atoms with Crippen LogP contribution in [0.2, 0.25) is 5.02 Å². The van der Waals surface area contributed by atoms with Crippen LogP contribution in [0.25, 0.3) is 11.0 Å². The summed E-state index contributed by atoms with van der Waals surface area (Å²) in [6.45, 7) is 1.42. The summed E-state index contributed by atoms with van der Waals surface area (Å²) >= 11 is 6.53. The van der Waals surface area contributed by atoms with Crippen LogP contribution in [0, 0.1) is 0 Å². The van der Waals surface area contributed by atoms with E-state index in [1.165, 1.54) is 0 Å². The van der Waals surface area contributed by atoms with Crippen LogP contribution in [0.15, 0.2) is 16.5 Å². The number of amides is 4. The normalized spacial score (nSPS) is 19.9. The van der Waals surface area contributed by atoms with Crippen molar-refractivity contribution in [1.29, 1.82) is 0 Å². The summed E-state index contributed by atoms with van der Waals surface area (Å²) in [5.41, 5.74) is 1.34. The molecule has 9 heteroatoms. The highest BCUT2D eigenvalue weighted by Gasteiger charge is 2.43. The molecule has 0 atom stereocenters. The number of urea groups is 1. The zero-order chi connectivity index (χ0) is 22.3. The molecule has 3 heterocycles. The van der Waals surface area contributed by atoms with Crippen molar-refractivity contribution in [2.24, 2.45) is 0 Å².